The summed E-state index contributed by atoms with van der Waals surface area (Å²) < 4.78 is 44.4. The highest BCUT2D eigenvalue weighted by Crippen LogP contribution is 2.41. The van der Waals surface area contributed by atoms with E-state index in [4.69, 9.17) is 0 Å². The van der Waals surface area contributed by atoms with E-state index in [1.54, 1.807) is 6.07 Å². The number of halogens is 3. The summed E-state index contributed by atoms with van der Waals surface area (Å²) >= 11 is 0. The minimum atomic E-state index is -0.625. The fraction of sp³-hybridized carbons (Fsp3) is 0.613. The number of aryl methyl sites for hydroxylation is 2. The summed E-state index contributed by atoms with van der Waals surface area (Å²) in [5, 5.41) is 0. The molecule has 0 bridgehead atoms. The van der Waals surface area contributed by atoms with Crippen molar-refractivity contribution in [3.8, 4) is 0 Å². The molecule has 0 amide bonds. The topological polar surface area (TPSA) is 0 Å². The summed E-state index contributed by atoms with van der Waals surface area (Å²) in [5.41, 5.74) is 3.00. The molecule has 2 aromatic rings. The van der Waals surface area contributed by atoms with Crippen molar-refractivity contribution in [2.45, 2.75) is 109 Å². The normalized spacial score (nSPS) is 25.4. The van der Waals surface area contributed by atoms with Gasteiger partial charge in [0.2, 0.25) is 0 Å². The molecular weight excluding hydrogens is 429 g/mol. The van der Waals surface area contributed by atoms with Crippen LogP contribution in [0.25, 0.3) is 0 Å². The fourth-order valence-electron chi connectivity index (χ4n) is 6.53. The van der Waals surface area contributed by atoms with E-state index in [1.807, 2.05) is 31.2 Å². The number of hydrogen-bond acceptors (Lipinski definition) is 0. The molecule has 0 aromatic heterocycles. The van der Waals surface area contributed by atoms with Gasteiger partial charge in [-0.15, -0.1) is 0 Å². The SMILES string of the molecule is CCCC1CCC(c2ccc(CCC3CCC(c4ccc(CC)cc4F)CC3)c(F)c2F)CC1. The predicted molar refractivity (Wildman–Crippen MR) is 135 cm³/mol. The largest absolute Gasteiger partial charge is 0.207 e. The number of hydrogen-bond donors (Lipinski definition) is 0. The van der Waals surface area contributed by atoms with Crippen LogP contribution in [-0.2, 0) is 12.8 Å². The third kappa shape index (κ3) is 5.89. The Kier molecular flexibility index (Phi) is 8.77. The Morgan fingerprint density at radius 2 is 1.26 bits per heavy atom. The molecule has 2 aliphatic rings. The Bertz CT molecular complexity index is 934. The molecule has 34 heavy (non-hydrogen) atoms. The molecule has 0 N–H and O–H groups in total. The minimum Gasteiger partial charge on any atom is -0.207 e. The molecule has 186 valence electrons. The summed E-state index contributed by atoms with van der Waals surface area (Å²) in [4.78, 5) is 0. The van der Waals surface area contributed by atoms with E-state index < -0.39 is 11.6 Å². The predicted octanol–water partition coefficient (Wildman–Crippen LogP) is 9.65. The molecule has 2 aliphatic carbocycles. The molecule has 4 rings (SSSR count). The Labute approximate surface area is 204 Å². The van der Waals surface area contributed by atoms with Crippen molar-refractivity contribution in [2.24, 2.45) is 11.8 Å². The Morgan fingerprint density at radius 1 is 0.676 bits per heavy atom. The fourth-order valence-corrected chi connectivity index (χ4v) is 6.53. The highest BCUT2D eigenvalue weighted by Gasteiger charge is 2.27. The molecule has 0 unspecified atom stereocenters. The summed E-state index contributed by atoms with van der Waals surface area (Å²) in [6.45, 7) is 4.26. The lowest BCUT2D eigenvalue weighted by Crippen LogP contribution is -2.16. The lowest BCUT2D eigenvalue weighted by molar-refractivity contribution is 0.301. The first kappa shape index (κ1) is 25.3. The second-order valence-corrected chi connectivity index (χ2v) is 10.9. The van der Waals surface area contributed by atoms with E-state index in [9.17, 15) is 13.2 Å². The lowest BCUT2D eigenvalue weighted by Gasteiger charge is -2.30. The molecule has 2 aromatic carbocycles. The van der Waals surface area contributed by atoms with Gasteiger partial charge in [-0.1, -0.05) is 51.0 Å². The molecular formula is C31H41F3. The Morgan fingerprint density at radius 3 is 1.85 bits per heavy atom. The van der Waals surface area contributed by atoms with Crippen LogP contribution in [0.1, 0.15) is 119 Å². The summed E-state index contributed by atoms with van der Waals surface area (Å²) in [6, 6.07) is 9.39. The third-order valence-corrected chi connectivity index (χ3v) is 8.76. The molecule has 3 heteroatoms. The highest BCUT2D eigenvalue weighted by atomic mass is 19.2. The van der Waals surface area contributed by atoms with Gasteiger partial charge in [0.05, 0.1) is 0 Å². The van der Waals surface area contributed by atoms with E-state index in [0.29, 0.717) is 23.5 Å². The molecule has 0 aliphatic heterocycles. The zero-order chi connectivity index (χ0) is 24.1. The monoisotopic (exact) mass is 470 g/mol. The number of rotatable bonds is 8. The van der Waals surface area contributed by atoms with Crippen molar-refractivity contribution in [2.75, 3.05) is 0 Å². The maximum atomic E-state index is 15.0. The smallest absolute Gasteiger partial charge is 0.162 e. The van der Waals surface area contributed by atoms with Crippen LogP contribution < -0.4 is 0 Å². The Hall–Kier alpha value is -1.77. The summed E-state index contributed by atoms with van der Waals surface area (Å²) in [7, 11) is 0. The van der Waals surface area contributed by atoms with Crippen molar-refractivity contribution in [1.29, 1.82) is 0 Å². The first-order chi connectivity index (χ1) is 16.5. The average Bonchev–Trinajstić information content (AvgIpc) is 2.86. The van der Waals surface area contributed by atoms with E-state index in [-0.39, 0.29) is 17.7 Å². The van der Waals surface area contributed by atoms with Crippen molar-refractivity contribution in [1.82, 2.24) is 0 Å². The van der Waals surface area contributed by atoms with Gasteiger partial charge in [0, 0.05) is 0 Å². The van der Waals surface area contributed by atoms with Gasteiger partial charge in [0.25, 0.3) is 0 Å². The molecule has 0 saturated heterocycles. The Balaban J connectivity index is 1.29. The van der Waals surface area contributed by atoms with E-state index in [1.165, 1.54) is 12.8 Å². The van der Waals surface area contributed by atoms with Gasteiger partial charge in [-0.05, 0) is 123 Å². The van der Waals surface area contributed by atoms with Crippen LogP contribution in [0.2, 0.25) is 0 Å². The van der Waals surface area contributed by atoms with Crippen LogP contribution in [0.3, 0.4) is 0 Å². The maximum Gasteiger partial charge on any atom is 0.162 e. The second-order valence-electron chi connectivity index (χ2n) is 10.9. The first-order valence-electron chi connectivity index (χ1n) is 13.7. The van der Waals surface area contributed by atoms with Gasteiger partial charge in [-0.2, -0.15) is 0 Å². The molecule has 0 spiro atoms. The highest BCUT2D eigenvalue weighted by molar-refractivity contribution is 5.30. The molecule has 0 heterocycles. The summed E-state index contributed by atoms with van der Waals surface area (Å²) in [5.74, 6) is 0.410. The van der Waals surface area contributed by atoms with Crippen LogP contribution >= 0.6 is 0 Å². The molecule has 0 radical (unpaired) electrons. The van der Waals surface area contributed by atoms with Crippen molar-refractivity contribution >= 4 is 0 Å². The zero-order valence-electron chi connectivity index (χ0n) is 21.0. The van der Waals surface area contributed by atoms with Gasteiger partial charge in [-0.3, -0.25) is 0 Å². The lowest BCUT2D eigenvalue weighted by atomic mass is 9.76. The van der Waals surface area contributed by atoms with Crippen LogP contribution in [0.4, 0.5) is 13.2 Å². The van der Waals surface area contributed by atoms with Crippen LogP contribution in [0.5, 0.6) is 0 Å². The number of benzene rings is 2. The van der Waals surface area contributed by atoms with E-state index in [2.05, 4.69) is 6.92 Å². The average molecular weight is 471 g/mol. The quantitative estimate of drug-likeness (QED) is 0.360. The van der Waals surface area contributed by atoms with Crippen LogP contribution in [0, 0.1) is 29.3 Å². The van der Waals surface area contributed by atoms with Gasteiger partial charge in [0.15, 0.2) is 11.6 Å². The van der Waals surface area contributed by atoms with Crippen LogP contribution in [0.15, 0.2) is 30.3 Å². The van der Waals surface area contributed by atoms with Crippen LogP contribution in [-0.4, -0.2) is 0 Å². The van der Waals surface area contributed by atoms with E-state index >= 15 is 0 Å². The third-order valence-electron chi connectivity index (χ3n) is 8.76. The van der Waals surface area contributed by atoms with Gasteiger partial charge < -0.3 is 0 Å². The summed E-state index contributed by atoms with van der Waals surface area (Å²) in [6.07, 6.45) is 13.0. The molecule has 2 fully saturated rings. The van der Waals surface area contributed by atoms with Crippen molar-refractivity contribution in [3.63, 3.8) is 0 Å². The van der Waals surface area contributed by atoms with Gasteiger partial charge in [0.1, 0.15) is 5.82 Å². The molecule has 0 atom stereocenters. The minimum absolute atomic E-state index is 0.0701. The van der Waals surface area contributed by atoms with E-state index in [0.717, 1.165) is 81.3 Å². The zero-order valence-corrected chi connectivity index (χ0v) is 21.0. The second kappa shape index (κ2) is 11.8. The van der Waals surface area contributed by atoms with Gasteiger partial charge in [-0.25, -0.2) is 13.2 Å². The molecule has 2 saturated carbocycles. The first-order valence-corrected chi connectivity index (χ1v) is 13.7. The maximum absolute atomic E-state index is 15.0. The van der Waals surface area contributed by atoms with Gasteiger partial charge >= 0.3 is 0 Å². The van der Waals surface area contributed by atoms with Crippen molar-refractivity contribution in [3.05, 3.63) is 70.0 Å². The standard InChI is InChI=1S/C31H41F3/c1-3-5-22-6-14-25(15-7-22)28-19-17-26(30(33)31(28)34)16-10-23-8-12-24(13-9-23)27-18-11-21(4-2)20-29(27)32/h11,17-20,22-25H,3-10,12-16H2,1-2H3. The molecule has 0 nitrogen and oxygen atoms in total. The van der Waals surface area contributed by atoms with Crippen molar-refractivity contribution < 1.29 is 13.2 Å².